The van der Waals surface area contributed by atoms with E-state index in [0.717, 1.165) is 12.1 Å². The van der Waals surface area contributed by atoms with Crippen LogP contribution in [0.5, 0.6) is 5.75 Å². The summed E-state index contributed by atoms with van der Waals surface area (Å²) in [6.45, 7) is 0.230. The van der Waals surface area contributed by atoms with E-state index in [1.807, 2.05) is 0 Å². The zero-order chi connectivity index (χ0) is 16.3. The Bertz CT molecular complexity index is 707. The van der Waals surface area contributed by atoms with E-state index in [1.54, 1.807) is 18.0 Å². The fourth-order valence-corrected chi connectivity index (χ4v) is 2.13. The molecule has 0 saturated carbocycles. The molecule has 0 atom stereocenters. The minimum Gasteiger partial charge on any atom is -0.494 e. The van der Waals surface area contributed by atoms with Crippen LogP contribution >= 0.6 is 0 Å². The molecule has 2 aromatic carbocycles. The molecule has 22 heavy (non-hydrogen) atoms. The third kappa shape index (κ3) is 3.30. The third-order valence-electron chi connectivity index (χ3n) is 3.18. The molecule has 0 bridgehead atoms. The Morgan fingerprint density at radius 1 is 1.23 bits per heavy atom. The fourth-order valence-electron chi connectivity index (χ4n) is 2.13. The molecular formula is C15H14F2N2O3. The van der Waals surface area contributed by atoms with Gasteiger partial charge in [0, 0.05) is 13.6 Å². The molecule has 0 N–H and O–H groups in total. The molecule has 7 heteroatoms. The van der Waals surface area contributed by atoms with Gasteiger partial charge in [-0.15, -0.1) is 0 Å². The van der Waals surface area contributed by atoms with Gasteiger partial charge in [0.2, 0.25) is 0 Å². The summed E-state index contributed by atoms with van der Waals surface area (Å²) in [5.74, 6) is -1.07. The van der Waals surface area contributed by atoms with Crippen LogP contribution in [-0.2, 0) is 6.54 Å². The topological polar surface area (TPSA) is 55.6 Å². The molecule has 0 fully saturated rings. The number of methoxy groups -OCH3 is 1. The average Bonchev–Trinajstić information content (AvgIpc) is 2.47. The van der Waals surface area contributed by atoms with Crippen LogP contribution in [0.3, 0.4) is 0 Å². The normalized spacial score (nSPS) is 10.4. The minimum atomic E-state index is -0.681. The SMILES string of the molecule is COc1ccc(CN(C)c2ccc(F)cc2[N+](=O)[O-])cc1F. The lowest BCUT2D eigenvalue weighted by Crippen LogP contribution is -2.18. The van der Waals surface area contributed by atoms with Crippen LogP contribution < -0.4 is 9.64 Å². The lowest BCUT2D eigenvalue weighted by atomic mass is 10.1. The molecule has 0 aromatic heterocycles. The number of hydrogen-bond acceptors (Lipinski definition) is 4. The van der Waals surface area contributed by atoms with Gasteiger partial charge >= 0.3 is 0 Å². The second-order valence-electron chi connectivity index (χ2n) is 4.72. The first-order valence-corrected chi connectivity index (χ1v) is 6.40. The van der Waals surface area contributed by atoms with Crippen LogP contribution in [0.15, 0.2) is 36.4 Å². The number of anilines is 1. The summed E-state index contributed by atoms with van der Waals surface area (Å²) < 4.78 is 31.6. The maximum Gasteiger partial charge on any atom is 0.295 e. The number of hydrogen-bond donors (Lipinski definition) is 0. The summed E-state index contributed by atoms with van der Waals surface area (Å²) in [5, 5.41) is 11.0. The molecule has 2 aromatic rings. The quantitative estimate of drug-likeness (QED) is 0.626. The van der Waals surface area contributed by atoms with Crippen molar-refractivity contribution < 1.29 is 18.4 Å². The molecule has 5 nitrogen and oxygen atoms in total. The molecule has 0 saturated heterocycles. The van der Waals surface area contributed by atoms with E-state index in [-0.39, 0.29) is 23.7 Å². The fraction of sp³-hybridized carbons (Fsp3) is 0.200. The monoisotopic (exact) mass is 308 g/mol. The molecule has 2 rings (SSSR count). The van der Waals surface area contributed by atoms with Crippen molar-refractivity contribution in [2.45, 2.75) is 6.54 Å². The highest BCUT2D eigenvalue weighted by Gasteiger charge is 2.18. The van der Waals surface area contributed by atoms with Crippen molar-refractivity contribution >= 4 is 11.4 Å². The number of benzene rings is 2. The van der Waals surface area contributed by atoms with E-state index < -0.39 is 16.6 Å². The van der Waals surface area contributed by atoms with Crippen LogP contribution in [0.1, 0.15) is 5.56 Å². The molecule has 0 heterocycles. The lowest BCUT2D eigenvalue weighted by Gasteiger charge is -2.19. The maximum atomic E-state index is 13.7. The van der Waals surface area contributed by atoms with Gasteiger partial charge in [0.25, 0.3) is 5.69 Å². The molecule has 0 aliphatic rings. The van der Waals surface area contributed by atoms with Gasteiger partial charge in [-0.1, -0.05) is 6.07 Å². The first kappa shape index (κ1) is 15.7. The van der Waals surface area contributed by atoms with Crippen molar-refractivity contribution in [2.75, 3.05) is 19.1 Å². The van der Waals surface area contributed by atoms with Crippen LogP contribution in [-0.4, -0.2) is 19.1 Å². The summed E-state index contributed by atoms with van der Waals surface area (Å²) in [4.78, 5) is 11.9. The number of halogens is 2. The highest BCUT2D eigenvalue weighted by molar-refractivity contribution is 5.63. The summed E-state index contributed by atoms with van der Waals surface area (Å²) >= 11 is 0. The summed E-state index contributed by atoms with van der Waals surface area (Å²) in [6.07, 6.45) is 0. The standard InChI is InChI=1S/C15H14F2N2O3/c1-18(9-10-3-6-15(22-2)12(17)7-10)13-5-4-11(16)8-14(13)19(20)21/h3-8H,9H2,1-2H3. The van der Waals surface area contributed by atoms with E-state index in [0.29, 0.717) is 5.56 Å². The Labute approximate surface area is 125 Å². The van der Waals surface area contributed by atoms with Crippen LogP contribution in [0.2, 0.25) is 0 Å². The largest absolute Gasteiger partial charge is 0.494 e. The van der Waals surface area contributed by atoms with Gasteiger partial charge in [-0.25, -0.2) is 8.78 Å². The van der Waals surface area contributed by atoms with E-state index in [4.69, 9.17) is 4.74 Å². The molecule has 0 amide bonds. The molecule has 0 unspecified atom stereocenters. The molecule has 116 valence electrons. The molecule has 0 aliphatic carbocycles. The number of ether oxygens (including phenoxy) is 1. The summed E-state index contributed by atoms with van der Waals surface area (Å²) in [5.41, 5.74) is 0.526. The van der Waals surface area contributed by atoms with Crippen molar-refractivity contribution in [3.05, 3.63) is 63.7 Å². The zero-order valence-corrected chi connectivity index (χ0v) is 12.0. The van der Waals surface area contributed by atoms with Crippen molar-refractivity contribution in [1.82, 2.24) is 0 Å². The van der Waals surface area contributed by atoms with Crippen LogP contribution in [0.25, 0.3) is 0 Å². The summed E-state index contributed by atoms with van der Waals surface area (Å²) in [6, 6.07) is 7.78. The smallest absolute Gasteiger partial charge is 0.295 e. The highest BCUT2D eigenvalue weighted by atomic mass is 19.1. The first-order valence-electron chi connectivity index (χ1n) is 6.40. The Balaban J connectivity index is 2.27. The lowest BCUT2D eigenvalue weighted by molar-refractivity contribution is -0.384. The van der Waals surface area contributed by atoms with Crippen molar-refractivity contribution in [2.24, 2.45) is 0 Å². The number of nitro benzene ring substituents is 1. The third-order valence-corrected chi connectivity index (χ3v) is 3.18. The van der Waals surface area contributed by atoms with E-state index >= 15 is 0 Å². The summed E-state index contributed by atoms with van der Waals surface area (Å²) in [7, 11) is 2.98. The van der Waals surface area contributed by atoms with Gasteiger partial charge < -0.3 is 9.64 Å². The highest BCUT2D eigenvalue weighted by Crippen LogP contribution is 2.29. The van der Waals surface area contributed by atoms with E-state index in [2.05, 4.69) is 0 Å². The first-order chi connectivity index (χ1) is 10.4. The van der Waals surface area contributed by atoms with Gasteiger partial charge in [0.05, 0.1) is 18.1 Å². The zero-order valence-electron chi connectivity index (χ0n) is 12.0. The Morgan fingerprint density at radius 3 is 2.55 bits per heavy atom. The number of rotatable bonds is 5. The Kier molecular flexibility index (Phi) is 4.55. The number of nitro groups is 1. The van der Waals surface area contributed by atoms with Crippen LogP contribution in [0, 0.1) is 21.7 Å². The predicted octanol–water partition coefficient (Wildman–Crippen LogP) is 3.52. The van der Waals surface area contributed by atoms with Gasteiger partial charge in [-0.3, -0.25) is 10.1 Å². The minimum absolute atomic E-state index is 0.124. The van der Waals surface area contributed by atoms with Gasteiger partial charge in [-0.2, -0.15) is 0 Å². The van der Waals surface area contributed by atoms with Crippen LogP contribution in [0.4, 0.5) is 20.2 Å². The second kappa shape index (κ2) is 6.38. The van der Waals surface area contributed by atoms with E-state index in [9.17, 15) is 18.9 Å². The van der Waals surface area contributed by atoms with E-state index in [1.165, 1.54) is 25.3 Å². The van der Waals surface area contributed by atoms with Crippen molar-refractivity contribution in [3.63, 3.8) is 0 Å². The molecule has 0 radical (unpaired) electrons. The van der Waals surface area contributed by atoms with Gasteiger partial charge in [0.15, 0.2) is 11.6 Å². The maximum absolute atomic E-state index is 13.7. The van der Waals surface area contributed by atoms with Gasteiger partial charge in [-0.05, 0) is 29.8 Å². The molecule has 0 spiro atoms. The number of nitrogens with zero attached hydrogens (tertiary/aromatic N) is 2. The van der Waals surface area contributed by atoms with Crippen molar-refractivity contribution in [1.29, 1.82) is 0 Å². The average molecular weight is 308 g/mol. The molecular weight excluding hydrogens is 294 g/mol. The predicted molar refractivity (Wildman–Crippen MR) is 78.1 cm³/mol. The Morgan fingerprint density at radius 2 is 1.95 bits per heavy atom. The van der Waals surface area contributed by atoms with Gasteiger partial charge in [0.1, 0.15) is 11.5 Å². The Hall–Kier alpha value is -2.70. The second-order valence-corrected chi connectivity index (χ2v) is 4.72. The molecule has 0 aliphatic heterocycles. The van der Waals surface area contributed by atoms with Crippen molar-refractivity contribution in [3.8, 4) is 5.75 Å².